The first-order chi connectivity index (χ1) is 5.94. The maximum absolute atomic E-state index is 9.77. The molecule has 0 aliphatic carbocycles. The lowest BCUT2D eigenvalue weighted by Gasteiger charge is -2.20. The van der Waals surface area contributed by atoms with Gasteiger partial charge in [0.1, 0.15) is 0 Å². The molecule has 1 aromatic heterocycles. The van der Waals surface area contributed by atoms with Crippen LogP contribution in [0.1, 0.15) is 26.0 Å². The molecule has 1 heterocycles. The second kappa shape index (κ2) is 3.68. The fourth-order valence-corrected chi connectivity index (χ4v) is 1.19. The lowest BCUT2D eigenvalue weighted by molar-refractivity contribution is 0.0344. The average Bonchev–Trinajstić information content (AvgIpc) is 2.30. The molecule has 0 amide bonds. The van der Waals surface area contributed by atoms with Gasteiger partial charge >= 0.3 is 0 Å². The molecule has 1 unspecified atom stereocenters. The Bertz CT molecular complexity index is 274. The zero-order valence-electron chi connectivity index (χ0n) is 8.21. The maximum atomic E-state index is 9.77. The Morgan fingerprint density at radius 1 is 1.69 bits per heavy atom. The van der Waals surface area contributed by atoms with Crippen LogP contribution in [0.15, 0.2) is 6.20 Å². The lowest BCUT2D eigenvalue weighted by atomic mass is 10.0. The Morgan fingerprint density at radius 2 is 2.31 bits per heavy atom. The number of aryl methyl sites for hydroxylation is 1. The number of nitrogens with zero attached hydrogens (tertiary/aromatic N) is 2. The van der Waals surface area contributed by atoms with Gasteiger partial charge in [-0.25, -0.2) is 0 Å². The molecule has 74 valence electrons. The summed E-state index contributed by atoms with van der Waals surface area (Å²) in [6.45, 7) is 6.06. The van der Waals surface area contributed by atoms with Gasteiger partial charge in [0.15, 0.2) is 0 Å². The van der Waals surface area contributed by atoms with Crippen molar-refractivity contribution in [3.05, 3.63) is 16.9 Å². The van der Waals surface area contributed by atoms with E-state index in [1.807, 2.05) is 13.8 Å². The second-order valence-electron chi connectivity index (χ2n) is 3.61. The first kappa shape index (κ1) is 10.5. The summed E-state index contributed by atoms with van der Waals surface area (Å²) in [5, 5.41) is 14.6. The number of aliphatic hydroxyl groups is 1. The van der Waals surface area contributed by atoms with Crippen LogP contribution in [0.5, 0.6) is 0 Å². The smallest absolute Gasteiger partial charge is 0.0814 e. The van der Waals surface area contributed by atoms with Gasteiger partial charge in [-0.05, 0) is 20.3 Å². The molecule has 0 saturated carbocycles. The van der Waals surface area contributed by atoms with E-state index in [1.165, 1.54) is 0 Å². The molecular weight excluding hydrogens is 188 g/mol. The lowest BCUT2D eigenvalue weighted by Crippen LogP contribution is -2.29. The SMILES string of the molecule is CCC(C)(O)Cn1cc(Cl)c(C)n1. The predicted molar refractivity (Wildman–Crippen MR) is 52.9 cm³/mol. The van der Waals surface area contributed by atoms with Crippen molar-refractivity contribution in [1.29, 1.82) is 0 Å². The van der Waals surface area contributed by atoms with E-state index in [1.54, 1.807) is 17.8 Å². The molecule has 3 nitrogen and oxygen atoms in total. The van der Waals surface area contributed by atoms with E-state index in [0.29, 0.717) is 18.0 Å². The molecule has 0 aliphatic rings. The molecule has 0 aromatic carbocycles. The molecule has 0 aliphatic heterocycles. The maximum Gasteiger partial charge on any atom is 0.0814 e. The van der Waals surface area contributed by atoms with E-state index in [-0.39, 0.29) is 0 Å². The number of aromatic nitrogens is 2. The summed E-state index contributed by atoms with van der Waals surface area (Å²) in [4.78, 5) is 0. The van der Waals surface area contributed by atoms with Crippen LogP contribution in [0.4, 0.5) is 0 Å². The summed E-state index contributed by atoms with van der Waals surface area (Å²) in [7, 11) is 0. The minimum Gasteiger partial charge on any atom is -0.388 e. The largest absolute Gasteiger partial charge is 0.388 e. The first-order valence-corrected chi connectivity index (χ1v) is 4.74. The molecule has 0 bridgehead atoms. The Kier molecular flexibility index (Phi) is 2.98. The Balaban J connectivity index is 2.75. The Labute approximate surface area is 83.3 Å². The molecular formula is C9H15ClN2O. The third-order valence-corrected chi connectivity index (χ3v) is 2.52. The summed E-state index contributed by atoms with van der Waals surface area (Å²) in [6.07, 6.45) is 2.44. The summed E-state index contributed by atoms with van der Waals surface area (Å²) in [5.74, 6) is 0. The van der Waals surface area contributed by atoms with E-state index >= 15 is 0 Å². The van der Waals surface area contributed by atoms with Crippen LogP contribution in [0.2, 0.25) is 5.02 Å². The standard InChI is InChI=1S/C9H15ClN2O/c1-4-9(3,13)6-12-5-8(10)7(2)11-12/h5,13H,4,6H2,1-3H3. The van der Waals surface area contributed by atoms with Gasteiger partial charge in [-0.3, -0.25) is 4.68 Å². The Hall–Kier alpha value is -0.540. The first-order valence-electron chi connectivity index (χ1n) is 4.36. The third-order valence-electron chi connectivity index (χ3n) is 2.15. The molecule has 0 spiro atoms. The summed E-state index contributed by atoms with van der Waals surface area (Å²) in [6, 6.07) is 0. The molecule has 0 saturated heterocycles. The number of hydrogen-bond donors (Lipinski definition) is 1. The van der Waals surface area contributed by atoms with Gasteiger partial charge in [0.05, 0.1) is 22.9 Å². The monoisotopic (exact) mass is 202 g/mol. The van der Waals surface area contributed by atoms with Crippen molar-refractivity contribution in [3.8, 4) is 0 Å². The highest BCUT2D eigenvalue weighted by molar-refractivity contribution is 6.31. The fourth-order valence-electron chi connectivity index (χ4n) is 1.04. The fraction of sp³-hybridized carbons (Fsp3) is 0.667. The molecule has 1 rings (SSSR count). The van der Waals surface area contributed by atoms with Crippen molar-refractivity contribution in [2.24, 2.45) is 0 Å². The normalized spacial score (nSPS) is 15.8. The highest BCUT2D eigenvalue weighted by atomic mass is 35.5. The quantitative estimate of drug-likeness (QED) is 0.815. The van der Waals surface area contributed by atoms with Crippen LogP contribution >= 0.6 is 11.6 Å². The van der Waals surface area contributed by atoms with Crippen molar-refractivity contribution >= 4 is 11.6 Å². The van der Waals surface area contributed by atoms with E-state index in [2.05, 4.69) is 5.10 Å². The minimum absolute atomic E-state index is 0.483. The Morgan fingerprint density at radius 3 is 2.69 bits per heavy atom. The number of halogens is 1. The van der Waals surface area contributed by atoms with Crippen molar-refractivity contribution in [1.82, 2.24) is 9.78 Å². The van der Waals surface area contributed by atoms with Gasteiger partial charge in [0, 0.05) is 6.20 Å². The van der Waals surface area contributed by atoms with Gasteiger partial charge < -0.3 is 5.11 Å². The predicted octanol–water partition coefficient (Wildman–Crippen LogP) is 2.01. The summed E-state index contributed by atoms with van der Waals surface area (Å²) >= 11 is 5.84. The zero-order valence-corrected chi connectivity index (χ0v) is 8.97. The van der Waals surface area contributed by atoms with Crippen molar-refractivity contribution < 1.29 is 5.11 Å². The molecule has 1 atom stereocenters. The highest BCUT2D eigenvalue weighted by Crippen LogP contribution is 2.16. The minimum atomic E-state index is -0.707. The van der Waals surface area contributed by atoms with E-state index in [0.717, 1.165) is 5.69 Å². The van der Waals surface area contributed by atoms with Crippen molar-refractivity contribution in [3.63, 3.8) is 0 Å². The van der Waals surface area contributed by atoms with Crippen molar-refractivity contribution in [2.45, 2.75) is 39.3 Å². The number of rotatable bonds is 3. The van der Waals surface area contributed by atoms with Crippen LogP contribution in [0, 0.1) is 6.92 Å². The van der Waals surface area contributed by atoms with Crippen LogP contribution < -0.4 is 0 Å². The molecule has 13 heavy (non-hydrogen) atoms. The van der Waals surface area contributed by atoms with Crippen LogP contribution in [-0.2, 0) is 6.54 Å². The van der Waals surface area contributed by atoms with Crippen molar-refractivity contribution in [2.75, 3.05) is 0 Å². The highest BCUT2D eigenvalue weighted by Gasteiger charge is 2.19. The van der Waals surface area contributed by atoms with Gasteiger partial charge in [-0.15, -0.1) is 0 Å². The van der Waals surface area contributed by atoms with Crippen LogP contribution in [0.25, 0.3) is 0 Å². The molecule has 1 aromatic rings. The van der Waals surface area contributed by atoms with Gasteiger partial charge in [0.25, 0.3) is 0 Å². The van der Waals surface area contributed by atoms with Gasteiger partial charge in [-0.2, -0.15) is 5.10 Å². The molecule has 1 N–H and O–H groups in total. The second-order valence-corrected chi connectivity index (χ2v) is 4.02. The average molecular weight is 203 g/mol. The zero-order chi connectivity index (χ0) is 10.1. The molecule has 0 radical (unpaired) electrons. The van der Waals surface area contributed by atoms with Gasteiger partial charge in [0.2, 0.25) is 0 Å². The summed E-state index contributed by atoms with van der Waals surface area (Å²) in [5.41, 5.74) is 0.0930. The van der Waals surface area contributed by atoms with Gasteiger partial charge in [-0.1, -0.05) is 18.5 Å². The molecule has 4 heteroatoms. The van der Waals surface area contributed by atoms with E-state index in [4.69, 9.17) is 11.6 Å². The number of hydrogen-bond acceptors (Lipinski definition) is 2. The molecule has 0 fully saturated rings. The summed E-state index contributed by atoms with van der Waals surface area (Å²) < 4.78 is 1.68. The van der Waals surface area contributed by atoms with E-state index < -0.39 is 5.60 Å². The topological polar surface area (TPSA) is 38.0 Å². The third kappa shape index (κ3) is 2.71. The van der Waals surface area contributed by atoms with E-state index in [9.17, 15) is 5.11 Å². The van der Waals surface area contributed by atoms with Crippen LogP contribution in [-0.4, -0.2) is 20.5 Å². The van der Waals surface area contributed by atoms with Crippen LogP contribution in [0.3, 0.4) is 0 Å².